The highest BCUT2D eigenvalue weighted by Crippen LogP contribution is 2.36. The van der Waals surface area contributed by atoms with E-state index < -0.39 is 6.23 Å². The molecular formula is C30H30ClNO5. The Kier molecular flexibility index (Phi) is 9.04. The van der Waals surface area contributed by atoms with Crippen molar-refractivity contribution in [1.29, 1.82) is 0 Å². The van der Waals surface area contributed by atoms with E-state index in [-0.39, 0.29) is 12.4 Å². The van der Waals surface area contributed by atoms with Crippen LogP contribution in [0.3, 0.4) is 0 Å². The molecule has 4 aromatic carbocycles. The zero-order valence-corrected chi connectivity index (χ0v) is 21.3. The maximum Gasteiger partial charge on any atom is 0.128 e. The first-order valence-electron chi connectivity index (χ1n) is 12.0. The first-order chi connectivity index (χ1) is 17.9. The molecule has 0 aliphatic carbocycles. The van der Waals surface area contributed by atoms with Crippen molar-refractivity contribution in [2.24, 2.45) is 0 Å². The minimum atomic E-state index is -0.734. The molecule has 4 rings (SSSR count). The van der Waals surface area contributed by atoms with E-state index >= 15 is 0 Å². The Labute approximate surface area is 221 Å². The van der Waals surface area contributed by atoms with Crippen molar-refractivity contribution >= 4 is 11.6 Å². The van der Waals surface area contributed by atoms with Crippen molar-refractivity contribution in [2.45, 2.75) is 25.7 Å². The fourth-order valence-corrected chi connectivity index (χ4v) is 4.25. The first kappa shape index (κ1) is 26.5. The lowest BCUT2D eigenvalue weighted by Crippen LogP contribution is -2.32. The molecule has 0 saturated heterocycles. The van der Waals surface area contributed by atoms with Gasteiger partial charge in [-0.25, -0.2) is 0 Å². The van der Waals surface area contributed by atoms with E-state index in [4.69, 9.17) is 21.1 Å². The summed E-state index contributed by atoms with van der Waals surface area (Å²) in [5.74, 6) is 2.19. The third kappa shape index (κ3) is 7.24. The lowest BCUT2D eigenvalue weighted by Gasteiger charge is -2.14. The number of phenols is 1. The van der Waals surface area contributed by atoms with Gasteiger partial charge in [-0.1, -0.05) is 41.9 Å². The van der Waals surface area contributed by atoms with Crippen LogP contribution in [-0.4, -0.2) is 35.2 Å². The van der Waals surface area contributed by atoms with Gasteiger partial charge in [-0.2, -0.15) is 0 Å². The topological polar surface area (TPSA) is 91.2 Å². The zero-order chi connectivity index (χ0) is 26.2. The van der Waals surface area contributed by atoms with Gasteiger partial charge >= 0.3 is 0 Å². The molecule has 0 spiro atoms. The Morgan fingerprint density at radius 3 is 2.38 bits per heavy atom. The molecule has 37 heavy (non-hydrogen) atoms. The van der Waals surface area contributed by atoms with E-state index in [2.05, 4.69) is 5.32 Å². The van der Waals surface area contributed by atoms with Crippen LogP contribution >= 0.6 is 11.6 Å². The normalized spacial score (nSPS) is 11.8. The van der Waals surface area contributed by atoms with Gasteiger partial charge in [0.15, 0.2) is 0 Å². The second-order valence-electron chi connectivity index (χ2n) is 8.66. The lowest BCUT2D eigenvalue weighted by atomic mass is 10.0. The van der Waals surface area contributed by atoms with Gasteiger partial charge < -0.3 is 24.8 Å². The monoisotopic (exact) mass is 519 g/mol. The number of halogens is 1. The number of methoxy groups -OCH3 is 1. The number of hydrogen-bond acceptors (Lipinski definition) is 6. The van der Waals surface area contributed by atoms with Gasteiger partial charge in [-0.3, -0.25) is 5.32 Å². The van der Waals surface area contributed by atoms with Crippen molar-refractivity contribution in [3.05, 3.63) is 107 Å². The Balaban J connectivity index is 1.32. The quantitative estimate of drug-likeness (QED) is 0.190. The molecule has 0 saturated carbocycles. The molecule has 0 bridgehead atoms. The largest absolute Gasteiger partial charge is 0.508 e. The Morgan fingerprint density at radius 2 is 1.65 bits per heavy atom. The molecule has 4 N–H and O–H groups in total. The highest BCUT2D eigenvalue weighted by molar-refractivity contribution is 6.30. The van der Waals surface area contributed by atoms with E-state index in [1.807, 2.05) is 66.7 Å². The van der Waals surface area contributed by atoms with Crippen LogP contribution in [-0.2, 0) is 19.4 Å². The van der Waals surface area contributed by atoms with Crippen LogP contribution in [0.5, 0.6) is 23.0 Å². The molecule has 0 amide bonds. The molecule has 1 unspecified atom stereocenters. The van der Waals surface area contributed by atoms with Crippen LogP contribution in [0.4, 0.5) is 0 Å². The molecule has 192 valence electrons. The molecule has 4 aromatic rings. The number of aliphatic hydroxyl groups excluding tert-OH is 2. The van der Waals surface area contributed by atoms with E-state index in [0.29, 0.717) is 35.1 Å². The Hall–Kier alpha value is -3.55. The number of aromatic hydroxyl groups is 1. The van der Waals surface area contributed by atoms with Crippen LogP contribution in [0.1, 0.15) is 16.7 Å². The average molecular weight is 520 g/mol. The number of benzene rings is 4. The van der Waals surface area contributed by atoms with Gasteiger partial charge in [0.25, 0.3) is 0 Å². The summed E-state index contributed by atoms with van der Waals surface area (Å²) in [4.78, 5) is 0. The van der Waals surface area contributed by atoms with Gasteiger partial charge in [0, 0.05) is 29.1 Å². The molecule has 1 atom stereocenters. The molecular weight excluding hydrogens is 490 g/mol. The SMILES string of the molecule is COc1ccc(Oc2ccc(CCNC(O)Cc3ccc(O)c(CO)c3)cc2)cc1-c1cccc(Cl)c1. The number of ether oxygens (including phenoxy) is 2. The first-order valence-corrected chi connectivity index (χ1v) is 12.4. The van der Waals surface area contributed by atoms with Crippen LogP contribution in [0.25, 0.3) is 11.1 Å². The van der Waals surface area contributed by atoms with E-state index in [1.54, 1.807) is 19.2 Å². The van der Waals surface area contributed by atoms with Gasteiger partial charge in [-0.15, -0.1) is 0 Å². The molecule has 0 aliphatic heterocycles. The zero-order valence-electron chi connectivity index (χ0n) is 20.5. The summed E-state index contributed by atoms with van der Waals surface area (Å²) in [6.07, 6.45) is 0.373. The fraction of sp³-hybridized carbons (Fsp3) is 0.200. The Morgan fingerprint density at radius 1 is 0.892 bits per heavy atom. The van der Waals surface area contributed by atoms with E-state index in [1.165, 1.54) is 6.07 Å². The summed E-state index contributed by atoms with van der Waals surface area (Å²) in [5.41, 5.74) is 4.22. The van der Waals surface area contributed by atoms with Crippen LogP contribution in [0.15, 0.2) is 84.9 Å². The van der Waals surface area contributed by atoms with Crippen molar-refractivity contribution < 1.29 is 24.8 Å². The predicted molar refractivity (Wildman–Crippen MR) is 145 cm³/mol. The maximum absolute atomic E-state index is 10.3. The Bertz CT molecular complexity index is 1330. The third-order valence-corrected chi connectivity index (χ3v) is 6.24. The van der Waals surface area contributed by atoms with Crippen molar-refractivity contribution in [3.63, 3.8) is 0 Å². The number of rotatable bonds is 11. The number of hydrogen-bond donors (Lipinski definition) is 4. The molecule has 0 radical (unpaired) electrons. The minimum absolute atomic E-state index is 0.0506. The lowest BCUT2D eigenvalue weighted by molar-refractivity contribution is 0.138. The van der Waals surface area contributed by atoms with Crippen LogP contribution in [0, 0.1) is 0 Å². The van der Waals surface area contributed by atoms with Gasteiger partial charge in [-0.05, 0) is 77.7 Å². The van der Waals surface area contributed by atoms with Crippen molar-refractivity contribution in [2.75, 3.05) is 13.7 Å². The van der Waals surface area contributed by atoms with Gasteiger partial charge in [0.2, 0.25) is 0 Å². The maximum atomic E-state index is 10.3. The van der Waals surface area contributed by atoms with Gasteiger partial charge in [0.1, 0.15) is 29.2 Å². The average Bonchev–Trinajstić information content (AvgIpc) is 2.90. The highest BCUT2D eigenvalue weighted by atomic mass is 35.5. The predicted octanol–water partition coefficient (Wildman–Crippen LogP) is 5.70. The summed E-state index contributed by atoms with van der Waals surface area (Å²) in [5, 5.41) is 33.0. The summed E-state index contributed by atoms with van der Waals surface area (Å²) < 4.78 is 11.6. The molecule has 0 aromatic heterocycles. The summed E-state index contributed by atoms with van der Waals surface area (Å²) >= 11 is 6.17. The van der Waals surface area contributed by atoms with Crippen LogP contribution in [0.2, 0.25) is 5.02 Å². The van der Waals surface area contributed by atoms with Crippen LogP contribution < -0.4 is 14.8 Å². The summed E-state index contributed by atoms with van der Waals surface area (Å²) in [6, 6.07) is 26.1. The van der Waals surface area contributed by atoms with E-state index in [9.17, 15) is 15.3 Å². The second-order valence-corrected chi connectivity index (χ2v) is 9.10. The van der Waals surface area contributed by atoms with Crippen molar-refractivity contribution in [1.82, 2.24) is 5.32 Å². The fourth-order valence-electron chi connectivity index (χ4n) is 4.06. The number of aliphatic hydroxyl groups is 2. The molecule has 0 fully saturated rings. The number of nitrogens with one attached hydrogen (secondary N) is 1. The highest BCUT2D eigenvalue weighted by Gasteiger charge is 2.10. The summed E-state index contributed by atoms with van der Waals surface area (Å²) in [7, 11) is 1.64. The second kappa shape index (κ2) is 12.6. The van der Waals surface area contributed by atoms with Crippen molar-refractivity contribution in [3.8, 4) is 34.1 Å². The van der Waals surface area contributed by atoms with E-state index in [0.717, 1.165) is 34.4 Å². The molecule has 7 heteroatoms. The standard InChI is InChI=1S/C30H30ClNO5/c1-36-29-12-10-26(18-27(29)22-3-2-4-24(31)17-22)37-25-8-5-20(6-9-25)13-14-32-30(35)16-21-7-11-28(34)23(15-21)19-33/h2-12,15,17-18,30,32-35H,13-14,16,19H2,1H3. The molecule has 0 aliphatic rings. The van der Waals surface area contributed by atoms with Gasteiger partial charge in [0.05, 0.1) is 13.7 Å². The minimum Gasteiger partial charge on any atom is -0.508 e. The third-order valence-electron chi connectivity index (χ3n) is 6.00. The molecule has 0 heterocycles. The smallest absolute Gasteiger partial charge is 0.128 e. The summed E-state index contributed by atoms with van der Waals surface area (Å²) in [6.45, 7) is 0.345. The molecule has 6 nitrogen and oxygen atoms in total.